The largest absolute Gasteiger partial charge is 0.371 e. The van der Waals surface area contributed by atoms with Gasteiger partial charge < -0.3 is 10.1 Å². The number of alkyl halides is 2. The fourth-order valence-corrected chi connectivity index (χ4v) is 3.40. The van der Waals surface area contributed by atoms with E-state index in [1.165, 1.54) is 18.5 Å². The fraction of sp³-hybridized carbons (Fsp3) is 0.421. The fourth-order valence-electron chi connectivity index (χ4n) is 3.40. The molecule has 1 unspecified atom stereocenters. The molecule has 1 aliphatic rings. The highest BCUT2D eigenvalue weighted by molar-refractivity contribution is 5.85. The topological polar surface area (TPSA) is 75.7 Å². The number of halogens is 2. The molecule has 0 radical (unpaired) electrons. The number of hydrogen-bond donors (Lipinski definition) is 2. The maximum Gasteiger partial charge on any atom is 0.296 e. The Morgan fingerprint density at radius 1 is 1.22 bits per heavy atom. The average molecular weight is 373 g/mol. The molecule has 27 heavy (non-hydrogen) atoms. The molecule has 2 heterocycles. The lowest BCUT2D eigenvalue weighted by molar-refractivity contribution is -0.103. The van der Waals surface area contributed by atoms with Crippen molar-refractivity contribution >= 4 is 16.9 Å². The van der Waals surface area contributed by atoms with E-state index in [1.54, 1.807) is 18.3 Å². The third-order valence-electron chi connectivity index (χ3n) is 4.95. The maximum absolute atomic E-state index is 14.4. The Labute approximate surface area is 155 Å². The van der Waals surface area contributed by atoms with Crippen molar-refractivity contribution in [1.29, 1.82) is 0 Å². The summed E-state index contributed by atoms with van der Waals surface area (Å²) in [5, 5.41) is 10.9. The van der Waals surface area contributed by atoms with Crippen LogP contribution in [0.25, 0.3) is 11.0 Å². The Morgan fingerprint density at radius 2 is 2.04 bits per heavy atom. The van der Waals surface area contributed by atoms with Crippen LogP contribution in [0.2, 0.25) is 0 Å². The Bertz CT molecular complexity index is 912. The van der Waals surface area contributed by atoms with Crippen LogP contribution in [-0.2, 0) is 10.7 Å². The summed E-state index contributed by atoms with van der Waals surface area (Å²) in [6.45, 7) is 1.27. The molecule has 1 aliphatic carbocycles. The summed E-state index contributed by atoms with van der Waals surface area (Å²) in [6.07, 6.45) is 5.18. The molecular weight excluding hydrogens is 352 g/mol. The number of benzene rings is 1. The minimum atomic E-state index is -2.99. The van der Waals surface area contributed by atoms with Gasteiger partial charge in [-0.3, -0.25) is 5.10 Å². The molecule has 1 fully saturated rings. The number of fused-ring (bicyclic) bond motifs is 1. The van der Waals surface area contributed by atoms with Gasteiger partial charge in [-0.1, -0.05) is 29.8 Å². The van der Waals surface area contributed by atoms with E-state index in [0.717, 1.165) is 23.8 Å². The molecule has 1 aromatic carbocycles. The number of nitrogens with one attached hydrogen (secondary N) is 2. The molecule has 0 spiro atoms. The van der Waals surface area contributed by atoms with Crippen LogP contribution < -0.4 is 5.32 Å². The summed E-state index contributed by atoms with van der Waals surface area (Å²) < 4.78 is 34.3. The zero-order chi connectivity index (χ0) is 18.9. The van der Waals surface area contributed by atoms with E-state index in [4.69, 9.17) is 4.74 Å². The third kappa shape index (κ3) is 3.90. The van der Waals surface area contributed by atoms with Crippen molar-refractivity contribution < 1.29 is 13.5 Å². The molecule has 0 saturated heterocycles. The van der Waals surface area contributed by atoms with Crippen LogP contribution in [-0.4, -0.2) is 38.9 Å². The molecule has 0 bridgehead atoms. The van der Waals surface area contributed by atoms with Crippen molar-refractivity contribution in [3.8, 4) is 0 Å². The zero-order valence-electron chi connectivity index (χ0n) is 15.0. The van der Waals surface area contributed by atoms with Crippen LogP contribution in [0.15, 0.2) is 36.8 Å². The number of aromatic nitrogens is 4. The van der Waals surface area contributed by atoms with Crippen molar-refractivity contribution in [2.24, 2.45) is 0 Å². The predicted molar refractivity (Wildman–Crippen MR) is 97.8 cm³/mol. The first-order valence-electron chi connectivity index (χ1n) is 8.98. The number of aromatic amines is 1. The van der Waals surface area contributed by atoms with Crippen molar-refractivity contribution in [3.05, 3.63) is 47.9 Å². The number of ether oxygens (including phenoxy) is 1. The molecule has 2 N–H and O–H groups in total. The monoisotopic (exact) mass is 373 g/mol. The van der Waals surface area contributed by atoms with Crippen molar-refractivity contribution in [2.75, 3.05) is 11.9 Å². The summed E-state index contributed by atoms with van der Waals surface area (Å²) in [5.74, 6) is -2.29. The molecule has 4 rings (SSSR count). The van der Waals surface area contributed by atoms with Gasteiger partial charge in [-0.25, -0.2) is 9.97 Å². The quantitative estimate of drug-likeness (QED) is 0.687. The highest BCUT2D eigenvalue weighted by Gasteiger charge is 2.35. The molecule has 2 atom stereocenters. The van der Waals surface area contributed by atoms with E-state index >= 15 is 0 Å². The van der Waals surface area contributed by atoms with Crippen LogP contribution >= 0.6 is 0 Å². The average Bonchev–Trinajstić information content (AvgIpc) is 3.30. The highest BCUT2D eigenvalue weighted by atomic mass is 19.3. The molecule has 8 heteroatoms. The van der Waals surface area contributed by atoms with E-state index in [-0.39, 0.29) is 17.7 Å². The maximum atomic E-state index is 14.4. The summed E-state index contributed by atoms with van der Waals surface area (Å²) in [7, 11) is 0. The molecule has 142 valence electrons. The normalized spacial score (nSPS) is 20.3. The first-order chi connectivity index (χ1) is 13.0. The lowest BCUT2D eigenvalue weighted by atomic mass is 10.1. The van der Waals surface area contributed by atoms with Gasteiger partial charge in [0.05, 0.1) is 17.7 Å². The first-order valence-corrected chi connectivity index (χ1v) is 8.98. The number of anilines is 1. The van der Waals surface area contributed by atoms with Gasteiger partial charge in [-0.05, 0) is 26.2 Å². The highest BCUT2D eigenvalue weighted by Crippen LogP contribution is 2.32. The molecular formula is C19H21F2N5O. The van der Waals surface area contributed by atoms with E-state index < -0.39 is 12.5 Å². The zero-order valence-corrected chi connectivity index (χ0v) is 15.0. The van der Waals surface area contributed by atoms with Crippen LogP contribution in [0.3, 0.4) is 0 Å². The summed E-state index contributed by atoms with van der Waals surface area (Å²) >= 11 is 0. The van der Waals surface area contributed by atoms with E-state index in [9.17, 15) is 8.78 Å². The van der Waals surface area contributed by atoms with Crippen LogP contribution in [0.1, 0.15) is 30.4 Å². The van der Waals surface area contributed by atoms with Gasteiger partial charge in [0, 0.05) is 11.6 Å². The van der Waals surface area contributed by atoms with Crippen molar-refractivity contribution in [1.82, 2.24) is 20.2 Å². The van der Waals surface area contributed by atoms with Crippen molar-refractivity contribution in [2.45, 2.75) is 44.3 Å². The van der Waals surface area contributed by atoms with Gasteiger partial charge in [0.1, 0.15) is 18.8 Å². The Hall–Kier alpha value is -2.61. The van der Waals surface area contributed by atoms with Gasteiger partial charge in [0.2, 0.25) is 0 Å². The lowest BCUT2D eigenvalue weighted by Crippen LogP contribution is -2.25. The van der Waals surface area contributed by atoms with Crippen LogP contribution in [0.4, 0.5) is 14.6 Å². The lowest BCUT2D eigenvalue weighted by Gasteiger charge is -2.20. The second-order valence-corrected chi connectivity index (χ2v) is 7.01. The van der Waals surface area contributed by atoms with Gasteiger partial charge in [0.15, 0.2) is 5.65 Å². The standard InChI is InChI=1S/C19H21F2N5O/c1-12-2-4-13(5-3-12)19(20,21)10-27-15-7-6-14(8-15)25-17-16-9-24-26-18(16)23-11-22-17/h2-5,9,11,14-15H,6-8,10H2,1H3,(H2,22,23,24,25,26)/t14?,15-/m1/s1. The van der Waals surface area contributed by atoms with Gasteiger partial charge in [0.25, 0.3) is 5.92 Å². The smallest absolute Gasteiger partial charge is 0.296 e. The van der Waals surface area contributed by atoms with E-state index in [2.05, 4.69) is 25.5 Å². The molecule has 3 aromatic rings. The number of hydrogen-bond acceptors (Lipinski definition) is 5. The van der Waals surface area contributed by atoms with Gasteiger partial charge in [-0.15, -0.1) is 0 Å². The number of nitrogens with zero attached hydrogens (tertiary/aromatic N) is 3. The molecule has 6 nitrogen and oxygen atoms in total. The summed E-state index contributed by atoms with van der Waals surface area (Å²) in [4.78, 5) is 8.36. The number of rotatable bonds is 6. The van der Waals surface area contributed by atoms with E-state index in [0.29, 0.717) is 17.9 Å². The first kappa shape index (κ1) is 17.8. The SMILES string of the molecule is Cc1ccc(C(F)(F)CO[C@@H]2CCC(Nc3ncnc4[nH]ncc34)C2)cc1. The molecule has 1 saturated carbocycles. The Balaban J connectivity index is 1.33. The molecule has 0 aliphatic heterocycles. The number of aryl methyl sites for hydroxylation is 1. The Morgan fingerprint density at radius 3 is 2.85 bits per heavy atom. The van der Waals surface area contributed by atoms with Crippen LogP contribution in [0.5, 0.6) is 0 Å². The number of H-pyrrole nitrogens is 1. The van der Waals surface area contributed by atoms with Gasteiger partial charge in [-0.2, -0.15) is 13.9 Å². The minimum absolute atomic E-state index is 0.0101. The molecule has 0 amide bonds. The minimum Gasteiger partial charge on any atom is -0.371 e. The Kier molecular flexibility index (Phi) is 4.73. The third-order valence-corrected chi connectivity index (χ3v) is 4.95. The van der Waals surface area contributed by atoms with E-state index in [1.807, 2.05) is 6.92 Å². The molecule has 2 aromatic heterocycles. The second kappa shape index (κ2) is 7.19. The van der Waals surface area contributed by atoms with Crippen LogP contribution in [0, 0.1) is 6.92 Å². The summed E-state index contributed by atoms with van der Waals surface area (Å²) in [6, 6.07) is 6.43. The summed E-state index contributed by atoms with van der Waals surface area (Å²) in [5.41, 5.74) is 1.61. The second-order valence-electron chi connectivity index (χ2n) is 7.01. The predicted octanol–water partition coefficient (Wildman–Crippen LogP) is 3.80. The van der Waals surface area contributed by atoms with Gasteiger partial charge >= 0.3 is 0 Å². The van der Waals surface area contributed by atoms with Crippen molar-refractivity contribution in [3.63, 3.8) is 0 Å².